The van der Waals surface area contributed by atoms with Crippen molar-refractivity contribution in [2.45, 2.75) is 26.8 Å². The highest BCUT2D eigenvalue weighted by Gasteiger charge is 2.16. The summed E-state index contributed by atoms with van der Waals surface area (Å²) in [5, 5.41) is 2.82. The van der Waals surface area contributed by atoms with E-state index in [0.717, 1.165) is 11.4 Å². The highest BCUT2D eigenvalue weighted by molar-refractivity contribution is 5.92. The van der Waals surface area contributed by atoms with Gasteiger partial charge in [0.15, 0.2) is 0 Å². The highest BCUT2D eigenvalue weighted by atomic mass is 35.5. The summed E-state index contributed by atoms with van der Waals surface area (Å²) in [5.41, 5.74) is 6.41. The number of carbonyl (C=O) groups excluding carboxylic acids is 1. The number of benzene rings is 1. The van der Waals surface area contributed by atoms with E-state index in [9.17, 15) is 4.79 Å². The van der Waals surface area contributed by atoms with Crippen molar-refractivity contribution in [1.82, 2.24) is 0 Å². The number of carbonyl (C=O) groups is 1. The molecule has 0 aromatic heterocycles. The fraction of sp³-hybridized carbons (Fsp3) is 0.462. The van der Waals surface area contributed by atoms with Crippen LogP contribution in [0.5, 0.6) is 5.75 Å². The normalized spacial score (nSPS) is 13.1. The lowest BCUT2D eigenvalue weighted by atomic mass is 10.0. The molecule has 102 valence electrons. The molecular weight excluding hydrogens is 252 g/mol. The molecule has 0 saturated heterocycles. The third kappa shape index (κ3) is 4.94. The Hall–Kier alpha value is -1.26. The van der Waals surface area contributed by atoms with Crippen LogP contribution < -0.4 is 15.8 Å². The van der Waals surface area contributed by atoms with Crippen LogP contribution in [0.2, 0.25) is 0 Å². The van der Waals surface area contributed by atoms with Gasteiger partial charge in [0.2, 0.25) is 5.91 Å². The van der Waals surface area contributed by atoms with E-state index < -0.39 is 0 Å². The van der Waals surface area contributed by atoms with Crippen LogP contribution >= 0.6 is 12.4 Å². The molecule has 18 heavy (non-hydrogen) atoms. The number of rotatable bonds is 5. The molecule has 0 aliphatic rings. The van der Waals surface area contributed by atoms with E-state index in [0.29, 0.717) is 6.61 Å². The van der Waals surface area contributed by atoms with Gasteiger partial charge in [-0.2, -0.15) is 0 Å². The Morgan fingerprint density at radius 2 is 2.11 bits per heavy atom. The third-order valence-corrected chi connectivity index (χ3v) is 2.61. The summed E-state index contributed by atoms with van der Waals surface area (Å²) in [5.74, 6) is 0.457. The minimum absolute atomic E-state index is 0. The van der Waals surface area contributed by atoms with E-state index >= 15 is 0 Å². The van der Waals surface area contributed by atoms with E-state index in [2.05, 4.69) is 5.32 Å². The van der Waals surface area contributed by atoms with Gasteiger partial charge in [-0.3, -0.25) is 4.79 Å². The van der Waals surface area contributed by atoms with Crippen LogP contribution in [0.1, 0.15) is 20.8 Å². The number of hydrogen-bond acceptors (Lipinski definition) is 3. The second-order valence-corrected chi connectivity index (χ2v) is 4.10. The molecule has 1 amide bonds. The quantitative estimate of drug-likeness (QED) is 0.865. The molecule has 0 aliphatic carbocycles. The van der Waals surface area contributed by atoms with Crippen molar-refractivity contribution in [3.63, 3.8) is 0 Å². The summed E-state index contributed by atoms with van der Waals surface area (Å²) in [4.78, 5) is 11.8. The van der Waals surface area contributed by atoms with E-state index in [4.69, 9.17) is 10.5 Å². The summed E-state index contributed by atoms with van der Waals surface area (Å²) < 4.78 is 5.36. The molecule has 0 aliphatic heterocycles. The van der Waals surface area contributed by atoms with Gasteiger partial charge in [0.1, 0.15) is 5.75 Å². The van der Waals surface area contributed by atoms with Crippen molar-refractivity contribution < 1.29 is 9.53 Å². The SMILES string of the molecule is CCOc1cccc(NC(=O)C(C)C(C)N)c1.Cl. The Bertz CT molecular complexity index is 383. The molecule has 4 nitrogen and oxygen atoms in total. The molecule has 1 rings (SSSR count). The van der Waals surface area contributed by atoms with Crippen LogP contribution in [-0.2, 0) is 4.79 Å². The van der Waals surface area contributed by atoms with Crippen LogP contribution in [-0.4, -0.2) is 18.6 Å². The lowest BCUT2D eigenvalue weighted by Gasteiger charge is -2.15. The zero-order valence-corrected chi connectivity index (χ0v) is 11.8. The first-order valence-electron chi connectivity index (χ1n) is 5.84. The molecule has 3 N–H and O–H groups in total. The maximum absolute atomic E-state index is 11.8. The van der Waals surface area contributed by atoms with Crippen molar-refractivity contribution in [2.75, 3.05) is 11.9 Å². The second-order valence-electron chi connectivity index (χ2n) is 4.10. The second kappa shape index (κ2) is 7.95. The van der Waals surface area contributed by atoms with E-state index in [1.807, 2.05) is 39.0 Å². The van der Waals surface area contributed by atoms with Gasteiger partial charge >= 0.3 is 0 Å². The minimum Gasteiger partial charge on any atom is -0.494 e. The molecule has 1 aromatic rings. The van der Waals surface area contributed by atoms with Gasteiger partial charge in [0.05, 0.1) is 12.5 Å². The number of nitrogens with two attached hydrogens (primary N) is 1. The average Bonchev–Trinajstić information content (AvgIpc) is 2.28. The summed E-state index contributed by atoms with van der Waals surface area (Å²) in [7, 11) is 0. The topological polar surface area (TPSA) is 64.3 Å². The molecule has 0 spiro atoms. The first kappa shape index (κ1) is 16.7. The lowest BCUT2D eigenvalue weighted by molar-refractivity contribution is -0.119. The zero-order chi connectivity index (χ0) is 12.8. The first-order valence-corrected chi connectivity index (χ1v) is 5.84. The molecule has 2 unspecified atom stereocenters. The highest BCUT2D eigenvalue weighted by Crippen LogP contribution is 2.18. The summed E-state index contributed by atoms with van der Waals surface area (Å²) in [6.45, 7) is 6.16. The van der Waals surface area contributed by atoms with Crippen molar-refractivity contribution in [2.24, 2.45) is 11.7 Å². The Labute approximate surface area is 114 Å². The molecule has 2 atom stereocenters. The Morgan fingerprint density at radius 3 is 2.67 bits per heavy atom. The first-order chi connectivity index (χ1) is 8.04. The van der Waals surface area contributed by atoms with E-state index in [1.165, 1.54) is 0 Å². The zero-order valence-electron chi connectivity index (χ0n) is 11.0. The molecular formula is C13H21ClN2O2. The van der Waals surface area contributed by atoms with Gasteiger partial charge in [0, 0.05) is 17.8 Å². The number of ether oxygens (including phenoxy) is 1. The van der Waals surface area contributed by atoms with Gasteiger partial charge in [-0.05, 0) is 26.0 Å². The number of halogens is 1. The van der Waals surface area contributed by atoms with Crippen LogP contribution in [0.25, 0.3) is 0 Å². The Balaban J connectivity index is 0.00000289. The Morgan fingerprint density at radius 1 is 1.44 bits per heavy atom. The molecule has 0 bridgehead atoms. The van der Waals surface area contributed by atoms with Gasteiger partial charge in [-0.15, -0.1) is 12.4 Å². The van der Waals surface area contributed by atoms with E-state index in [-0.39, 0.29) is 30.3 Å². The van der Waals surface area contributed by atoms with Gasteiger partial charge in [-0.1, -0.05) is 13.0 Å². The van der Waals surface area contributed by atoms with Gasteiger partial charge in [0.25, 0.3) is 0 Å². The number of anilines is 1. The molecule has 0 saturated carbocycles. The van der Waals surface area contributed by atoms with Crippen molar-refractivity contribution >= 4 is 24.0 Å². The minimum atomic E-state index is -0.217. The number of nitrogens with one attached hydrogen (secondary N) is 1. The lowest BCUT2D eigenvalue weighted by Crippen LogP contribution is -2.34. The fourth-order valence-corrected chi connectivity index (χ4v) is 1.33. The van der Waals surface area contributed by atoms with Crippen molar-refractivity contribution in [3.8, 4) is 5.75 Å². The number of hydrogen-bond donors (Lipinski definition) is 2. The predicted molar refractivity (Wildman–Crippen MR) is 76.3 cm³/mol. The van der Waals surface area contributed by atoms with Gasteiger partial charge in [-0.25, -0.2) is 0 Å². The summed E-state index contributed by atoms with van der Waals surface area (Å²) in [6, 6.07) is 7.17. The van der Waals surface area contributed by atoms with Crippen molar-refractivity contribution in [1.29, 1.82) is 0 Å². The maximum atomic E-state index is 11.8. The fourth-order valence-electron chi connectivity index (χ4n) is 1.33. The van der Waals surface area contributed by atoms with Crippen LogP contribution in [0, 0.1) is 5.92 Å². The molecule has 0 heterocycles. The predicted octanol–water partition coefficient (Wildman–Crippen LogP) is 2.43. The molecule has 0 fully saturated rings. The third-order valence-electron chi connectivity index (χ3n) is 2.61. The average molecular weight is 273 g/mol. The van der Waals surface area contributed by atoms with Crippen LogP contribution in [0.15, 0.2) is 24.3 Å². The Kier molecular flexibility index (Phi) is 7.39. The molecule has 5 heteroatoms. The van der Waals surface area contributed by atoms with Crippen LogP contribution in [0.4, 0.5) is 5.69 Å². The standard InChI is InChI=1S/C13H20N2O2.ClH/c1-4-17-12-7-5-6-11(8-12)15-13(16)9(2)10(3)14;/h5-10H,4,14H2,1-3H3,(H,15,16);1H. The largest absolute Gasteiger partial charge is 0.494 e. The monoisotopic (exact) mass is 272 g/mol. The maximum Gasteiger partial charge on any atom is 0.228 e. The van der Waals surface area contributed by atoms with Gasteiger partial charge < -0.3 is 15.8 Å². The summed E-state index contributed by atoms with van der Waals surface area (Å²) >= 11 is 0. The van der Waals surface area contributed by atoms with Crippen molar-refractivity contribution in [3.05, 3.63) is 24.3 Å². The van der Waals surface area contributed by atoms with Crippen LogP contribution in [0.3, 0.4) is 0 Å². The van der Waals surface area contributed by atoms with E-state index in [1.54, 1.807) is 6.07 Å². The molecule has 0 radical (unpaired) electrons. The molecule has 1 aromatic carbocycles. The smallest absolute Gasteiger partial charge is 0.228 e. The number of amides is 1. The summed E-state index contributed by atoms with van der Waals surface area (Å²) in [6.07, 6.45) is 0.